The van der Waals surface area contributed by atoms with Crippen LogP contribution in [0, 0.1) is 18.6 Å². The second kappa shape index (κ2) is 8.59. The second-order valence-electron chi connectivity index (χ2n) is 5.68. The van der Waals surface area contributed by atoms with E-state index in [4.69, 9.17) is 0 Å². The van der Waals surface area contributed by atoms with Crippen molar-refractivity contribution in [2.75, 3.05) is 0 Å². The molecule has 0 atom stereocenters. The Hall–Kier alpha value is -2.72. The molecule has 0 aliphatic rings. The van der Waals surface area contributed by atoms with Crippen LogP contribution in [0.2, 0.25) is 0 Å². The molecule has 0 spiro atoms. The molecule has 4 heteroatoms. The molecule has 3 aromatic carbocycles. The van der Waals surface area contributed by atoms with Gasteiger partial charge in [-0.05, 0) is 55.5 Å². The van der Waals surface area contributed by atoms with Crippen molar-refractivity contribution in [3.63, 3.8) is 0 Å². The molecule has 0 N–H and O–H groups in total. The van der Waals surface area contributed by atoms with Gasteiger partial charge in [0, 0.05) is 21.6 Å². The van der Waals surface area contributed by atoms with Crippen LogP contribution in [0.25, 0.3) is 4.91 Å². The van der Waals surface area contributed by atoms with E-state index >= 15 is 0 Å². The third-order valence-electron chi connectivity index (χ3n) is 3.66. The van der Waals surface area contributed by atoms with Gasteiger partial charge < -0.3 is 0 Å². The summed E-state index contributed by atoms with van der Waals surface area (Å²) in [6.45, 7) is 2.02. The maximum atomic E-state index is 14.2. The number of aryl methyl sites for hydroxylation is 1. The Kier molecular flexibility index (Phi) is 5.97. The zero-order valence-electron chi connectivity index (χ0n) is 14.2. The molecule has 3 aromatic rings. The van der Waals surface area contributed by atoms with E-state index in [0.29, 0.717) is 10.5 Å². The quantitative estimate of drug-likeness (QED) is 0.357. The summed E-state index contributed by atoms with van der Waals surface area (Å²) < 4.78 is 27.4. The monoisotopic (exact) mass is 365 g/mol. The summed E-state index contributed by atoms with van der Waals surface area (Å²) in [4.78, 5) is 5.92. The van der Waals surface area contributed by atoms with Gasteiger partial charge in [0.1, 0.15) is 11.6 Å². The minimum Gasteiger partial charge on any atom is -0.257 e. The number of rotatable bonds is 5. The highest BCUT2D eigenvalue weighted by Crippen LogP contribution is 2.35. The first kappa shape index (κ1) is 18.1. The van der Waals surface area contributed by atoms with Gasteiger partial charge in [0.2, 0.25) is 0 Å². The van der Waals surface area contributed by atoms with Gasteiger partial charge in [0.15, 0.2) is 0 Å². The van der Waals surface area contributed by atoms with Crippen molar-refractivity contribution in [2.45, 2.75) is 11.8 Å². The molecular weight excluding hydrogens is 348 g/mol. The number of allylic oxidation sites excluding steroid dienone is 1. The van der Waals surface area contributed by atoms with Gasteiger partial charge in [-0.25, -0.2) is 8.78 Å². The van der Waals surface area contributed by atoms with E-state index in [9.17, 15) is 8.78 Å². The van der Waals surface area contributed by atoms with Crippen LogP contribution in [0.4, 0.5) is 14.5 Å². The van der Waals surface area contributed by atoms with E-state index in [1.165, 1.54) is 35.5 Å². The predicted octanol–water partition coefficient (Wildman–Crippen LogP) is 6.81. The fraction of sp³-hybridized carbons (Fsp3) is 0.0455. The molecule has 0 saturated heterocycles. The summed E-state index contributed by atoms with van der Waals surface area (Å²) in [5, 5.41) is 0. The summed E-state index contributed by atoms with van der Waals surface area (Å²) in [6.07, 6.45) is 3.43. The molecule has 0 aliphatic heterocycles. The summed E-state index contributed by atoms with van der Waals surface area (Å²) in [6, 6.07) is 20.5. The molecule has 0 aromatic heterocycles. The smallest absolute Gasteiger partial charge is 0.131 e. The van der Waals surface area contributed by atoms with Crippen LogP contribution in [0.5, 0.6) is 0 Å². The number of thioether (sulfide) groups is 1. The lowest BCUT2D eigenvalue weighted by molar-refractivity contribution is 0.624. The first-order valence-electron chi connectivity index (χ1n) is 8.11. The lowest BCUT2D eigenvalue weighted by Crippen LogP contribution is -1.87. The van der Waals surface area contributed by atoms with Crippen molar-refractivity contribution in [3.8, 4) is 0 Å². The predicted molar refractivity (Wildman–Crippen MR) is 106 cm³/mol. The normalized spacial score (nSPS) is 11.9. The second-order valence-corrected chi connectivity index (χ2v) is 6.80. The Labute approximate surface area is 156 Å². The van der Waals surface area contributed by atoms with Crippen molar-refractivity contribution >= 4 is 28.6 Å². The van der Waals surface area contributed by atoms with Gasteiger partial charge in [-0.15, -0.1) is 0 Å². The van der Waals surface area contributed by atoms with Crippen LogP contribution in [-0.2, 0) is 0 Å². The number of nitrogens with zero attached hydrogens (tertiary/aromatic N) is 1. The largest absolute Gasteiger partial charge is 0.257 e. The Morgan fingerprint density at radius 2 is 1.58 bits per heavy atom. The van der Waals surface area contributed by atoms with Crippen LogP contribution >= 0.6 is 11.8 Å². The first-order chi connectivity index (χ1) is 12.6. The molecule has 0 saturated carbocycles. The Bertz CT molecular complexity index is 929. The lowest BCUT2D eigenvalue weighted by atomic mass is 10.2. The fourth-order valence-electron chi connectivity index (χ4n) is 2.29. The van der Waals surface area contributed by atoms with Crippen LogP contribution in [0.3, 0.4) is 0 Å². The topological polar surface area (TPSA) is 12.4 Å². The molecular formula is C22H17F2NS. The summed E-state index contributed by atoms with van der Waals surface area (Å²) in [5.74, 6) is -0.608. The molecule has 130 valence electrons. The van der Waals surface area contributed by atoms with E-state index < -0.39 is 0 Å². The molecule has 0 radical (unpaired) electrons. The van der Waals surface area contributed by atoms with Crippen LogP contribution in [-0.4, -0.2) is 6.21 Å². The van der Waals surface area contributed by atoms with Crippen LogP contribution < -0.4 is 0 Å². The average molecular weight is 365 g/mol. The molecule has 3 rings (SSSR count). The van der Waals surface area contributed by atoms with Gasteiger partial charge in [-0.1, -0.05) is 47.7 Å². The van der Waals surface area contributed by atoms with Crippen molar-refractivity contribution in [1.29, 1.82) is 0 Å². The average Bonchev–Trinajstić information content (AvgIpc) is 2.65. The molecule has 0 fully saturated rings. The highest BCUT2D eigenvalue weighted by molar-refractivity contribution is 8.08. The van der Waals surface area contributed by atoms with Gasteiger partial charge in [-0.2, -0.15) is 0 Å². The maximum absolute atomic E-state index is 14.2. The number of aliphatic imine (C=N–C) groups is 1. The maximum Gasteiger partial charge on any atom is 0.131 e. The van der Waals surface area contributed by atoms with Crippen molar-refractivity contribution < 1.29 is 8.78 Å². The molecule has 0 bridgehead atoms. The molecule has 26 heavy (non-hydrogen) atoms. The van der Waals surface area contributed by atoms with Crippen molar-refractivity contribution in [3.05, 3.63) is 102 Å². The highest BCUT2D eigenvalue weighted by Gasteiger charge is 2.09. The molecule has 0 heterocycles. The number of hydrogen-bond acceptors (Lipinski definition) is 2. The van der Waals surface area contributed by atoms with Crippen LogP contribution in [0.15, 0.2) is 88.8 Å². The van der Waals surface area contributed by atoms with E-state index in [1.807, 2.05) is 31.2 Å². The van der Waals surface area contributed by atoms with E-state index in [1.54, 1.807) is 42.6 Å². The van der Waals surface area contributed by atoms with Crippen LogP contribution in [0.1, 0.15) is 11.1 Å². The van der Waals surface area contributed by atoms with Crippen molar-refractivity contribution in [2.24, 2.45) is 4.99 Å². The standard InChI is InChI=1S/C22H17F2NS/c1-16-6-10-18(11-7-16)25-15-14-22(20-4-2-3-5-21(20)24)26-19-12-8-17(23)9-13-19/h2-15H,1H3. The molecule has 0 amide bonds. The van der Waals surface area contributed by atoms with Gasteiger partial charge in [-0.3, -0.25) is 4.99 Å². The fourth-order valence-corrected chi connectivity index (χ4v) is 3.22. The minimum atomic E-state index is -0.308. The van der Waals surface area contributed by atoms with E-state index in [-0.39, 0.29) is 11.6 Å². The van der Waals surface area contributed by atoms with Crippen molar-refractivity contribution in [1.82, 2.24) is 0 Å². The molecule has 0 unspecified atom stereocenters. The Morgan fingerprint density at radius 3 is 2.27 bits per heavy atom. The Balaban J connectivity index is 1.90. The van der Waals surface area contributed by atoms with Gasteiger partial charge in [0.05, 0.1) is 5.69 Å². The third kappa shape index (κ3) is 4.90. The zero-order chi connectivity index (χ0) is 18.4. The summed E-state index contributed by atoms with van der Waals surface area (Å²) >= 11 is 1.37. The summed E-state index contributed by atoms with van der Waals surface area (Å²) in [7, 11) is 0. The lowest BCUT2D eigenvalue weighted by Gasteiger charge is -2.08. The first-order valence-corrected chi connectivity index (χ1v) is 8.93. The SMILES string of the molecule is Cc1ccc(N=CC=C(Sc2ccc(F)cc2)c2ccccc2F)cc1. The third-order valence-corrected chi connectivity index (χ3v) is 4.75. The minimum absolute atomic E-state index is 0.299. The zero-order valence-corrected chi connectivity index (χ0v) is 15.0. The number of hydrogen-bond donors (Lipinski definition) is 0. The Morgan fingerprint density at radius 1 is 0.885 bits per heavy atom. The number of benzene rings is 3. The summed E-state index contributed by atoms with van der Waals surface area (Å²) in [5.41, 5.74) is 2.47. The van der Waals surface area contributed by atoms with Gasteiger partial charge in [0.25, 0.3) is 0 Å². The van der Waals surface area contributed by atoms with Gasteiger partial charge >= 0.3 is 0 Å². The molecule has 0 aliphatic carbocycles. The molecule has 1 nitrogen and oxygen atoms in total. The highest BCUT2D eigenvalue weighted by atomic mass is 32.2. The van der Waals surface area contributed by atoms with E-state index in [2.05, 4.69) is 4.99 Å². The van der Waals surface area contributed by atoms with E-state index in [0.717, 1.165) is 10.6 Å². The number of halogens is 2.